The van der Waals surface area contributed by atoms with Gasteiger partial charge in [0.1, 0.15) is 0 Å². The first kappa shape index (κ1) is 20.5. The van der Waals surface area contributed by atoms with E-state index in [-0.39, 0.29) is 11.9 Å². The summed E-state index contributed by atoms with van der Waals surface area (Å²) >= 11 is 0. The van der Waals surface area contributed by atoms with Crippen LogP contribution in [0.25, 0.3) is 22.0 Å². The van der Waals surface area contributed by atoms with Gasteiger partial charge >= 0.3 is 0 Å². The highest BCUT2D eigenvalue weighted by atomic mass is 16.1. The number of rotatable bonds is 5. The molecule has 4 nitrogen and oxygen atoms in total. The summed E-state index contributed by atoms with van der Waals surface area (Å²) in [5, 5.41) is 4.47. The van der Waals surface area contributed by atoms with Gasteiger partial charge in [-0.1, -0.05) is 48.5 Å². The number of hydrogen-bond acceptors (Lipinski definition) is 2. The van der Waals surface area contributed by atoms with E-state index in [1.165, 1.54) is 16.5 Å². The number of aromatic nitrogens is 1. The number of fused-ring (bicyclic) bond motifs is 1. The van der Waals surface area contributed by atoms with Crippen LogP contribution < -0.4 is 5.32 Å². The second-order valence-electron chi connectivity index (χ2n) is 8.79. The molecule has 1 aromatic heterocycles. The van der Waals surface area contributed by atoms with Crippen molar-refractivity contribution >= 4 is 16.8 Å². The molecule has 0 atom stereocenters. The Morgan fingerprint density at radius 1 is 0.906 bits per heavy atom. The summed E-state index contributed by atoms with van der Waals surface area (Å²) in [6.45, 7) is 3.00. The summed E-state index contributed by atoms with van der Waals surface area (Å²) in [6, 6.07) is 27.4. The molecule has 1 aliphatic heterocycles. The van der Waals surface area contributed by atoms with E-state index in [0.29, 0.717) is 0 Å². The topological polar surface area (TPSA) is 37.3 Å². The Labute approximate surface area is 189 Å². The highest BCUT2D eigenvalue weighted by Gasteiger charge is 2.21. The smallest absolute Gasteiger partial charge is 0.251 e. The monoisotopic (exact) mass is 423 g/mol. The minimum atomic E-state index is 0.0224. The van der Waals surface area contributed by atoms with E-state index < -0.39 is 0 Å². The number of amides is 1. The Morgan fingerprint density at radius 2 is 1.69 bits per heavy atom. The fourth-order valence-corrected chi connectivity index (χ4v) is 4.65. The third-order valence-corrected chi connectivity index (χ3v) is 6.52. The number of carbonyl (C=O) groups is 1. The van der Waals surface area contributed by atoms with Gasteiger partial charge in [0.05, 0.1) is 0 Å². The van der Waals surface area contributed by atoms with E-state index in [1.807, 2.05) is 18.2 Å². The molecule has 1 amide bonds. The lowest BCUT2D eigenvalue weighted by Gasteiger charge is -2.32. The average molecular weight is 424 g/mol. The number of nitrogens with zero attached hydrogens (tertiary/aromatic N) is 2. The van der Waals surface area contributed by atoms with Crippen molar-refractivity contribution in [1.82, 2.24) is 14.8 Å². The molecular formula is C28H29N3O. The van der Waals surface area contributed by atoms with Crippen LogP contribution in [-0.4, -0.2) is 34.5 Å². The maximum atomic E-state index is 13.0. The lowest BCUT2D eigenvalue weighted by atomic mass is 10.0. The third kappa shape index (κ3) is 4.46. The molecule has 1 N–H and O–H groups in total. The lowest BCUT2D eigenvalue weighted by molar-refractivity contribution is 0.0909. The summed E-state index contributed by atoms with van der Waals surface area (Å²) in [4.78, 5) is 15.4. The van der Waals surface area contributed by atoms with E-state index in [1.54, 1.807) is 0 Å². The maximum absolute atomic E-state index is 13.0. The molecule has 3 aromatic carbocycles. The average Bonchev–Trinajstić information content (AvgIpc) is 3.21. The van der Waals surface area contributed by atoms with Crippen LogP contribution in [0.5, 0.6) is 0 Å². The van der Waals surface area contributed by atoms with E-state index in [0.717, 1.165) is 49.2 Å². The fourth-order valence-electron chi connectivity index (χ4n) is 4.65. The molecule has 0 aliphatic carbocycles. The molecule has 32 heavy (non-hydrogen) atoms. The van der Waals surface area contributed by atoms with Crippen LogP contribution in [0.3, 0.4) is 0 Å². The first-order valence-electron chi connectivity index (χ1n) is 11.4. The second-order valence-corrected chi connectivity index (χ2v) is 8.79. The maximum Gasteiger partial charge on any atom is 0.251 e. The summed E-state index contributed by atoms with van der Waals surface area (Å²) < 4.78 is 2.12. The van der Waals surface area contributed by atoms with Crippen molar-refractivity contribution < 1.29 is 4.79 Å². The normalized spacial score (nSPS) is 15.2. The third-order valence-electron chi connectivity index (χ3n) is 6.52. The Hall–Kier alpha value is -3.37. The number of piperidine rings is 1. The molecule has 2 heterocycles. The SMILES string of the molecule is Cn1ccc2cc(-c3cccc(C(=O)NC4CCN(Cc5ccccc5)CC4)c3)ccc21. The van der Waals surface area contributed by atoms with Gasteiger partial charge in [-0.25, -0.2) is 0 Å². The standard InChI is InChI=1S/C28H29N3O/c1-30-15-12-24-18-23(10-11-27(24)30)22-8-5-9-25(19-22)28(32)29-26-13-16-31(17-14-26)20-21-6-3-2-4-7-21/h2-12,15,18-19,26H,13-14,16-17,20H2,1H3,(H,29,32). The molecule has 1 aliphatic rings. The Kier molecular flexibility index (Phi) is 5.78. The highest BCUT2D eigenvalue weighted by molar-refractivity contribution is 5.96. The van der Waals surface area contributed by atoms with Crippen LogP contribution in [-0.2, 0) is 13.6 Å². The predicted octanol–water partition coefficient (Wildman–Crippen LogP) is 5.24. The number of nitrogens with one attached hydrogen (secondary N) is 1. The molecule has 0 saturated carbocycles. The van der Waals surface area contributed by atoms with Crippen LogP contribution in [0.15, 0.2) is 85.1 Å². The van der Waals surface area contributed by atoms with Crippen molar-refractivity contribution in [3.63, 3.8) is 0 Å². The van der Waals surface area contributed by atoms with Crippen molar-refractivity contribution in [3.05, 3.63) is 96.2 Å². The molecule has 162 valence electrons. The molecule has 0 bridgehead atoms. The van der Waals surface area contributed by atoms with Crippen LogP contribution in [0.4, 0.5) is 0 Å². The molecule has 0 spiro atoms. The van der Waals surface area contributed by atoms with Gasteiger partial charge in [0.25, 0.3) is 5.91 Å². The zero-order valence-electron chi connectivity index (χ0n) is 18.5. The Morgan fingerprint density at radius 3 is 2.50 bits per heavy atom. The van der Waals surface area contributed by atoms with E-state index in [4.69, 9.17) is 0 Å². The molecule has 4 heteroatoms. The fraction of sp³-hybridized carbons (Fsp3) is 0.250. The summed E-state index contributed by atoms with van der Waals surface area (Å²) in [7, 11) is 2.05. The van der Waals surface area contributed by atoms with Crippen molar-refractivity contribution in [1.29, 1.82) is 0 Å². The zero-order valence-corrected chi connectivity index (χ0v) is 18.5. The highest BCUT2D eigenvalue weighted by Crippen LogP contribution is 2.26. The van der Waals surface area contributed by atoms with Crippen LogP contribution >= 0.6 is 0 Å². The quantitative estimate of drug-likeness (QED) is 0.477. The van der Waals surface area contributed by atoms with Gasteiger partial charge < -0.3 is 9.88 Å². The Balaban J connectivity index is 1.21. The van der Waals surface area contributed by atoms with Gasteiger partial charge in [-0.2, -0.15) is 0 Å². The molecule has 0 unspecified atom stereocenters. The number of likely N-dealkylation sites (tertiary alicyclic amines) is 1. The van der Waals surface area contributed by atoms with Crippen molar-refractivity contribution in [2.24, 2.45) is 7.05 Å². The first-order chi connectivity index (χ1) is 15.7. The number of hydrogen-bond donors (Lipinski definition) is 1. The first-order valence-corrected chi connectivity index (χ1v) is 11.4. The van der Waals surface area contributed by atoms with Gasteiger partial charge in [0.15, 0.2) is 0 Å². The summed E-state index contributed by atoms with van der Waals surface area (Å²) in [5.41, 5.74) is 5.48. The molecule has 5 rings (SSSR count). The number of carbonyl (C=O) groups excluding carboxylic acids is 1. The van der Waals surface area contributed by atoms with Crippen molar-refractivity contribution in [3.8, 4) is 11.1 Å². The van der Waals surface area contributed by atoms with Gasteiger partial charge in [-0.15, -0.1) is 0 Å². The molecule has 1 fully saturated rings. The summed E-state index contributed by atoms with van der Waals surface area (Å²) in [6.07, 6.45) is 4.05. The van der Waals surface area contributed by atoms with Crippen LogP contribution in [0.2, 0.25) is 0 Å². The number of benzene rings is 3. The van der Waals surface area contributed by atoms with Crippen molar-refractivity contribution in [2.75, 3.05) is 13.1 Å². The van der Waals surface area contributed by atoms with E-state index in [9.17, 15) is 4.79 Å². The second kappa shape index (κ2) is 9.01. The molecular weight excluding hydrogens is 394 g/mol. The van der Waals surface area contributed by atoms with Crippen molar-refractivity contribution in [2.45, 2.75) is 25.4 Å². The van der Waals surface area contributed by atoms with Gasteiger partial charge in [-0.3, -0.25) is 9.69 Å². The van der Waals surface area contributed by atoms with Crippen LogP contribution in [0.1, 0.15) is 28.8 Å². The molecule has 1 saturated heterocycles. The van der Waals surface area contributed by atoms with Crippen LogP contribution in [0, 0.1) is 0 Å². The van der Waals surface area contributed by atoms with Gasteiger partial charge in [0.2, 0.25) is 0 Å². The van der Waals surface area contributed by atoms with E-state index >= 15 is 0 Å². The Bertz CT molecular complexity index is 1220. The minimum Gasteiger partial charge on any atom is -0.351 e. The minimum absolute atomic E-state index is 0.0224. The lowest BCUT2D eigenvalue weighted by Crippen LogP contribution is -2.44. The summed E-state index contributed by atoms with van der Waals surface area (Å²) in [5.74, 6) is 0.0224. The zero-order chi connectivity index (χ0) is 21.9. The predicted molar refractivity (Wildman–Crippen MR) is 131 cm³/mol. The number of aryl methyl sites for hydroxylation is 1. The molecule has 4 aromatic rings. The van der Waals surface area contributed by atoms with Gasteiger partial charge in [-0.05, 0) is 59.9 Å². The van der Waals surface area contributed by atoms with E-state index in [2.05, 4.69) is 88.7 Å². The molecule has 0 radical (unpaired) electrons. The van der Waals surface area contributed by atoms with Gasteiger partial charge in [0, 0.05) is 55.4 Å². The largest absolute Gasteiger partial charge is 0.351 e.